The molecule has 17 nitrogen and oxygen atoms in total. The highest BCUT2D eigenvalue weighted by molar-refractivity contribution is 8.01. The number of nitrogen functional groups attached to an aromatic ring is 2. The van der Waals surface area contributed by atoms with Crippen molar-refractivity contribution in [3.8, 4) is 0 Å². The molecule has 0 unspecified atom stereocenters. The van der Waals surface area contributed by atoms with Gasteiger partial charge in [0.1, 0.15) is 22.8 Å². The van der Waals surface area contributed by atoms with Crippen molar-refractivity contribution in [3.05, 3.63) is 22.3 Å². The van der Waals surface area contributed by atoms with Gasteiger partial charge in [0.2, 0.25) is 10.8 Å². The molecule has 1 fully saturated rings. The van der Waals surface area contributed by atoms with Crippen molar-refractivity contribution >= 4 is 69.4 Å². The molecule has 0 spiro atoms. The topological polar surface area (TPSA) is 260 Å². The van der Waals surface area contributed by atoms with Gasteiger partial charge >= 0.3 is 5.97 Å². The van der Waals surface area contributed by atoms with Gasteiger partial charge in [0.25, 0.3) is 17.7 Å². The van der Waals surface area contributed by atoms with Crippen molar-refractivity contribution in [1.82, 2.24) is 35.5 Å². The Labute approximate surface area is 226 Å². The maximum Gasteiger partial charge on any atom is 0.352 e. The molecule has 2 aliphatic heterocycles. The van der Waals surface area contributed by atoms with Crippen LogP contribution >= 0.6 is 34.9 Å². The molecule has 202 valence electrons. The minimum absolute atomic E-state index is 0.0536. The van der Waals surface area contributed by atoms with Crippen LogP contribution in [0.3, 0.4) is 0 Å². The number of carboxylic acid groups (broad SMARTS) is 1. The number of hydrogen-bond donors (Lipinski definition) is 5. The van der Waals surface area contributed by atoms with E-state index in [1.807, 2.05) is 0 Å². The van der Waals surface area contributed by atoms with Crippen molar-refractivity contribution < 1.29 is 29.1 Å². The Bertz CT molecular complexity index is 1370. The Morgan fingerprint density at radius 3 is 2.71 bits per heavy atom. The summed E-state index contributed by atoms with van der Waals surface area (Å²) in [5.41, 5.74) is 9.42. The van der Waals surface area contributed by atoms with Crippen LogP contribution in [-0.4, -0.2) is 93.2 Å². The minimum atomic E-state index is -1.54. The number of carboxylic acids is 1. The largest absolute Gasteiger partial charge is 0.477 e. The molecule has 0 bridgehead atoms. The lowest BCUT2D eigenvalue weighted by molar-refractivity contribution is -0.150. The average molecular weight is 584 g/mol. The van der Waals surface area contributed by atoms with Crippen LogP contribution in [0.1, 0.15) is 19.5 Å². The Kier molecular flexibility index (Phi) is 7.47. The highest BCUT2D eigenvalue weighted by atomic mass is 32.2. The number of anilines is 1. The zero-order valence-electron chi connectivity index (χ0n) is 19.7. The number of fused-ring (bicyclic) bond motifs is 1. The number of thioether (sulfide) groups is 2. The molecule has 0 aliphatic carbocycles. The maximum absolute atomic E-state index is 13.1. The highest BCUT2D eigenvalue weighted by Crippen LogP contribution is 2.41. The Morgan fingerprint density at radius 2 is 2.13 bits per heavy atom. The molecule has 0 aromatic carbocycles. The average Bonchev–Trinajstić information content (AvgIpc) is 3.47. The minimum Gasteiger partial charge on any atom is -0.477 e. The number of thiazole rings is 1. The molecule has 3 amide bonds. The monoisotopic (exact) mass is 583 g/mol. The second kappa shape index (κ2) is 10.5. The molecule has 2 aromatic rings. The molecule has 2 aliphatic rings. The van der Waals surface area contributed by atoms with Crippen molar-refractivity contribution in [2.24, 2.45) is 10.9 Å². The van der Waals surface area contributed by atoms with Gasteiger partial charge in [0, 0.05) is 16.9 Å². The van der Waals surface area contributed by atoms with E-state index >= 15 is 0 Å². The van der Waals surface area contributed by atoms with Gasteiger partial charge in [0.15, 0.2) is 10.8 Å². The second-order valence-electron chi connectivity index (χ2n) is 8.29. The van der Waals surface area contributed by atoms with Crippen LogP contribution in [-0.2, 0) is 24.0 Å². The number of aliphatic carboxylic acids is 1. The first-order valence-electron chi connectivity index (χ1n) is 10.5. The van der Waals surface area contributed by atoms with Gasteiger partial charge < -0.3 is 32.6 Å². The number of rotatable bonds is 10. The van der Waals surface area contributed by atoms with E-state index in [2.05, 4.69) is 31.0 Å². The molecule has 2 aromatic heterocycles. The molecule has 2 atom stereocenters. The molecule has 4 heterocycles. The molecule has 4 rings (SSSR count). The number of nitrogens with two attached hydrogens (primary N) is 3. The first kappa shape index (κ1) is 27.1. The molecule has 0 saturated carbocycles. The summed E-state index contributed by atoms with van der Waals surface area (Å²) < 4.78 is 0. The van der Waals surface area contributed by atoms with E-state index in [0.717, 1.165) is 32.8 Å². The lowest BCUT2D eigenvalue weighted by Gasteiger charge is -2.49. The summed E-state index contributed by atoms with van der Waals surface area (Å²) in [6.45, 7) is 2.72. The number of carbonyl (C=O) groups excluding carboxylic acids is 3. The van der Waals surface area contributed by atoms with Crippen molar-refractivity contribution in [2.75, 3.05) is 23.1 Å². The Hall–Kier alpha value is -3.91. The van der Waals surface area contributed by atoms with Crippen molar-refractivity contribution in [3.63, 3.8) is 0 Å². The van der Waals surface area contributed by atoms with Gasteiger partial charge in [-0.15, -0.1) is 27.9 Å². The number of nitrogens with one attached hydrogen (secondary N) is 1. The maximum atomic E-state index is 13.1. The standard InChI is InChI=1S/C18H21N11O6S3/c1-18(2,15(19)34)35-25-8(7-5-37-16(20)22-7)11(30)23-9-12(31)28-10(14(32)33)6(3-36-13(9)28)4-38-17-24-26-27-29(17)21/h5,9,13H,3-4,21H2,1-2H3,(H2,19,34)(H2,20,22)(H,23,30)(H,32,33)/t9-,13+/m1/s1. The first-order chi connectivity index (χ1) is 17.9. The zero-order valence-corrected chi connectivity index (χ0v) is 22.2. The number of hydrogen-bond acceptors (Lipinski definition) is 15. The second-order valence-corrected chi connectivity index (χ2v) is 11.2. The first-order valence-corrected chi connectivity index (χ1v) is 13.5. The number of β-lactam (4-membered cyclic amide) rings is 1. The van der Waals surface area contributed by atoms with Gasteiger partial charge in [-0.3, -0.25) is 19.3 Å². The van der Waals surface area contributed by atoms with E-state index in [1.165, 1.54) is 31.0 Å². The van der Waals surface area contributed by atoms with E-state index < -0.39 is 40.7 Å². The van der Waals surface area contributed by atoms with E-state index in [0.29, 0.717) is 5.57 Å². The zero-order chi connectivity index (χ0) is 27.8. The Balaban J connectivity index is 1.52. The van der Waals surface area contributed by atoms with Gasteiger partial charge in [-0.1, -0.05) is 22.0 Å². The van der Waals surface area contributed by atoms with E-state index in [4.69, 9.17) is 22.1 Å². The summed E-state index contributed by atoms with van der Waals surface area (Å²) in [6.07, 6.45) is 0. The highest BCUT2D eigenvalue weighted by Gasteiger charge is 2.54. The fraction of sp³-hybridized carbons (Fsp3) is 0.389. The quantitative estimate of drug-likeness (QED) is 0.0662. The van der Waals surface area contributed by atoms with Crippen molar-refractivity contribution in [1.29, 1.82) is 0 Å². The number of amides is 3. The molecular weight excluding hydrogens is 562 g/mol. The van der Waals surface area contributed by atoms with Crippen LogP contribution < -0.4 is 22.6 Å². The van der Waals surface area contributed by atoms with Gasteiger partial charge in [0.05, 0.1) is 0 Å². The lowest BCUT2D eigenvalue weighted by atomic mass is 10.0. The summed E-state index contributed by atoms with van der Waals surface area (Å²) in [5.74, 6) is 2.44. The van der Waals surface area contributed by atoms with Crippen LogP contribution in [0.2, 0.25) is 0 Å². The lowest BCUT2D eigenvalue weighted by Crippen LogP contribution is -2.71. The van der Waals surface area contributed by atoms with Gasteiger partial charge in [-0.2, -0.15) is 0 Å². The predicted octanol–water partition coefficient (Wildman–Crippen LogP) is -2.06. The van der Waals surface area contributed by atoms with Gasteiger partial charge in [-0.05, 0) is 29.8 Å². The molecular formula is C18H21N11O6S3. The summed E-state index contributed by atoms with van der Waals surface area (Å²) in [5, 5.41) is 28.0. The molecule has 1 saturated heterocycles. The third-order valence-electron chi connectivity index (χ3n) is 5.31. The predicted molar refractivity (Wildman–Crippen MR) is 136 cm³/mol. The fourth-order valence-electron chi connectivity index (χ4n) is 3.24. The SMILES string of the molecule is CC(C)(ON=C(C(=O)N[C@@H]1C(=O)N2C(C(=O)O)=C(CSc3nnnn3N)CS[C@@H]12)c1csc(N)n1)C(N)=O. The summed E-state index contributed by atoms with van der Waals surface area (Å²) in [7, 11) is 0. The molecule has 38 heavy (non-hydrogen) atoms. The number of tetrazole rings is 1. The van der Waals surface area contributed by atoms with Crippen LogP contribution in [0.15, 0.2) is 27.0 Å². The third kappa shape index (κ3) is 5.22. The smallest absolute Gasteiger partial charge is 0.352 e. The molecule has 0 radical (unpaired) electrons. The summed E-state index contributed by atoms with van der Waals surface area (Å²) >= 11 is 3.43. The van der Waals surface area contributed by atoms with Crippen LogP contribution in [0.5, 0.6) is 0 Å². The number of oxime groups is 1. The number of aromatic nitrogens is 5. The number of carbonyl (C=O) groups is 4. The van der Waals surface area contributed by atoms with Crippen molar-refractivity contribution in [2.45, 2.75) is 36.0 Å². The van der Waals surface area contributed by atoms with Crippen LogP contribution in [0, 0.1) is 0 Å². The molecule has 20 heteroatoms. The molecule has 8 N–H and O–H groups in total. The van der Waals surface area contributed by atoms with Crippen LogP contribution in [0.4, 0.5) is 5.13 Å². The normalized spacial score (nSPS) is 19.6. The number of nitrogens with zero attached hydrogens (tertiary/aromatic N) is 7. The van der Waals surface area contributed by atoms with E-state index in [1.54, 1.807) is 0 Å². The van der Waals surface area contributed by atoms with E-state index in [9.17, 15) is 24.3 Å². The summed E-state index contributed by atoms with van der Waals surface area (Å²) in [6, 6.07) is -1.06. The van der Waals surface area contributed by atoms with E-state index in [-0.39, 0.29) is 38.9 Å². The van der Waals surface area contributed by atoms with Crippen LogP contribution in [0.25, 0.3) is 0 Å². The summed E-state index contributed by atoms with van der Waals surface area (Å²) in [4.78, 5) is 61.1. The Morgan fingerprint density at radius 1 is 1.39 bits per heavy atom. The fourth-order valence-corrected chi connectivity index (χ4v) is 6.07. The third-order valence-corrected chi connectivity index (χ3v) is 8.35. The number of primary amides is 1. The van der Waals surface area contributed by atoms with Gasteiger partial charge in [-0.25, -0.2) is 9.78 Å².